The van der Waals surface area contributed by atoms with Crippen molar-refractivity contribution in [3.05, 3.63) is 0 Å². The van der Waals surface area contributed by atoms with Gasteiger partial charge in [-0.25, -0.2) is 0 Å². The van der Waals surface area contributed by atoms with Crippen LogP contribution in [0.3, 0.4) is 0 Å². The fourth-order valence-corrected chi connectivity index (χ4v) is 6.52. The topological polar surface area (TPSA) is 0 Å². The molecule has 3 aliphatic rings. The van der Waals surface area contributed by atoms with Crippen LogP contribution >= 0.6 is 0 Å². The molecule has 1 spiro atoms. The monoisotopic (exact) mass is 206 g/mol. The van der Waals surface area contributed by atoms with Crippen molar-refractivity contribution in [3.63, 3.8) is 0 Å². The third-order valence-corrected chi connectivity index (χ3v) is 7.18. The van der Waals surface area contributed by atoms with Crippen LogP contribution in [-0.4, -0.2) is 0 Å². The molecule has 15 heavy (non-hydrogen) atoms. The minimum absolute atomic E-state index is 0.678. The van der Waals surface area contributed by atoms with Crippen molar-refractivity contribution in [1.29, 1.82) is 0 Å². The van der Waals surface area contributed by atoms with Gasteiger partial charge in [-0.2, -0.15) is 0 Å². The molecule has 0 bridgehead atoms. The molecule has 1 unspecified atom stereocenters. The Morgan fingerprint density at radius 3 is 2.40 bits per heavy atom. The zero-order valence-electron chi connectivity index (χ0n) is 10.9. The van der Waals surface area contributed by atoms with Crippen molar-refractivity contribution in [2.75, 3.05) is 0 Å². The lowest BCUT2D eigenvalue weighted by atomic mass is 9.57. The summed E-state index contributed by atoms with van der Waals surface area (Å²) in [6.07, 6.45) is 9.06. The summed E-state index contributed by atoms with van der Waals surface area (Å²) in [6, 6.07) is 0. The molecule has 0 amide bonds. The highest BCUT2D eigenvalue weighted by Crippen LogP contribution is 2.79. The van der Waals surface area contributed by atoms with Crippen LogP contribution in [0.4, 0.5) is 0 Å². The highest BCUT2D eigenvalue weighted by atomic mass is 14.8. The minimum Gasteiger partial charge on any atom is -0.0619 e. The van der Waals surface area contributed by atoms with E-state index in [2.05, 4.69) is 27.7 Å². The fraction of sp³-hybridized carbons (Fsp3) is 1.00. The van der Waals surface area contributed by atoms with Crippen molar-refractivity contribution in [1.82, 2.24) is 0 Å². The van der Waals surface area contributed by atoms with Crippen molar-refractivity contribution in [2.45, 2.75) is 66.2 Å². The first-order chi connectivity index (χ1) is 6.96. The lowest BCUT2D eigenvalue weighted by Crippen LogP contribution is -2.42. The molecule has 0 heteroatoms. The number of rotatable bonds is 0. The fourth-order valence-electron chi connectivity index (χ4n) is 6.52. The van der Waals surface area contributed by atoms with Gasteiger partial charge in [-0.15, -0.1) is 0 Å². The van der Waals surface area contributed by atoms with Crippen LogP contribution in [0.25, 0.3) is 0 Å². The second kappa shape index (κ2) is 2.63. The van der Waals surface area contributed by atoms with Crippen molar-refractivity contribution in [2.24, 2.45) is 28.1 Å². The Kier molecular flexibility index (Phi) is 1.78. The van der Waals surface area contributed by atoms with Gasteiger partial charge in [-0.05, 0) is 60.2 Å². The molecule has 5 atom stereocenters. The zero-order valence-corrected chi connectivity index (χ0v) is 10.9. The molecule has 3 saturated carbocycles. The molecule has 0 aromatic heterocycles. The van der Waals surface area contributed by atoms with E-state index >= 15 is 0 Å². The molecule has 0 saturated heterocycles. The highest BCUT2D eigenvalue weighted by Gasteiger charge is 2.71. The van der Waals surface area contributed by atoms with Gasteiger partial charge in [-0.1, -0.05) is 34.1 Å². The molecular weight excluding hydrogens is 180 g/mol. The van der Waals surface area contributed by atoms with Crippen LogP contribution < -0.4 is 0 Å². The lowest BCUT2D eigenvalue weighted by molar-refractivity contribution is 0.00104. The van der Waals surface area contributed by atoms with Gasteiger partial charge in [0.25, 0.3) is 0 Å². The van der Waals surface area contributed by atoms with E-state index < -0.39 is 0 Å². The third-order valence-electron chi connectivity index (χ3n) is 7.18. The van der Waals surface area contributed by atoms with E-state index in [1.54, 1.807) is 0 Å². The van der Waals surface area contributed by atoms with Crippen molar-refractivity contribution >= 4 is 0 Å². The SMILES string of the molecule is CC1C[C@]2(C)CCC[C@@]23[C@H](C)CC[C@@]13C. The predicted molar refractivity (Wildman–Crippen MR) is 64.7 cm³/mol. The largest absolute Gasteiger partial charge is 0.0619 e. The van der Waals surface area contributed by atoms with Crippen LogP contribution in [0, 0.1) is 28.1 Å². The van der Waals surface area contributed by atoms with Crippen LogP contribution in [-0.2, 0) is 0 Å². The molecular formula is C15H26. The first-order valence-electron chi connectivity index (χ1n) is 6.96. The molecule has 0 nitrogen and oxygen atoms in total. The Balaban J connectivity index is 2.17. The molecule has 3 aliphatic carbocycles. The highest BCUT2D eigenvalue weighted by molar-refractivity contribution is 5.20. The van der Waals surface area contributed by atoms with Crippen molar-refractivity contribution < 1.29 is 0 Å². The first kappa shape index (κ1) is 10.2. The summed E-state index contributed by atoms with van der Waals surface area (Å²) in [5.74, 6) is 1.95. The smallest absolute Gasteiger partial charge is 0.0161 e. The van der Waals surface area contributed by atoms with Gasteiger partial charge in [0.1, 0.15) is 0 Å². The maximum atomic E-state index is 2.62. The van der Waals surface area contributed by atoms with E-state index in [-0.39, 0.29) is 0 Å². The Morgan fingerprint density at radius 1 is 0.933 bits per heavy atom. The Labute approximate surface area is 94.8 Å². The Bertz CT molecular complexity index is 294. The maximum absolute atomic E-state index is 2.62. The van der Waals surface area contributed by atoms with Crippen LogP contribution in [0.2, 0.25) is 0 Å². The molecule has 0 radical (unpaired) electrons. The zero-order chi connectivity index (χ0) is 10.9. The molecule has 0 heterocycles. The molecule has 3 fully saturated rings. The second-order valence-corrected chi connectivity index (χ2v) is 7.35. The van der Waals surface area contributed by atoms with E-state index in [1.165, 1.54) is 38.5 Å². The minimum atomic E-state index is 0.678. The average Bonchev–Trinajstić information content (AvgIpc) is 2.67. The standard InChI is InChI=1S/C15H26/c1-11-6-9-14(4)12(2)10-13(3)7-5-8-15(11,13)14/h11-12H,5-10H2,1-4H3/t11-,12?,13+,14+,15-/m1/s1. The van der Waals surface area contributed by atoms with E-state index in [0.29, 0.717) is 10.8 Å². The lowest BCUT2D eigenvalue weighted by Gasteiger charge is -2.47. The van der Waals surface area contributed by atoms with E-state index in [0.717, 1.165) is 17.3 Å². The van der Waals surface area contributed by atoms with E-state index in [1.807, 2.05) is 0 Å². The van der Waals surface area contributed by atoms with Gasteiger partial charge < -0.3 is 0 Å². The average molecular weight is 206 g/mol. The third kappa shape index (κ3) is 0.840. The summed E-state index contributed by atoms with van der Waals surface area (Å²) in [7, 11) is 0. The van der Waals surface area contributed by atoms with E-state index in [9.17, 15) is 0 Å². The molecule has 0 aromatic carbocycles. The summed E-state index contributed by atoms with van der Waals surface area (Å²) >= 11 is 0. The number of hydrogen-bond acceptors (Lipinski definition) is 0. The summed E-state index contributed by atoms with van der Waals surface area (Å²) in [4.78, 5) is 0. The van der Waals surface area contributed by atoms with Crippen LogP contribution in [0.5, 0.6) is 0 Å². The van der Waals surface area contributed by atoms with Gasteiger partial charge in [0.2, 0.25) is 0 Å². The molecule has 0 N–H and O–H groups in total. The molecule has 86 valence electrons. The van der Waals surface area contributed by atoms with Gasteiger partial charge in [0.15, 0.2) is 0 Å². The normalized spacial score (nSPS) is 63.2. The predicted octanol–water partition coefficient (Wildman–Crippen LogP) is 4.64. The van der Waals surface area contributed by atoms with Crippen molar-refractivity contribution in [3.8, 4) is 0 Å². The van der Waals surface area contributed by atoms with Gasteiger partial charge in [-0.3, -0.25) is 0 Å². The van der Waals surface area contributed by atoms with Gasteiger partial charge in [0.05, 0.1) is 0 Å². The van der Waals surface area contributed by atoms with Gasteiger partial charge in [0, 0.05) is 0 Å². The van der Waals surface area contributed by atoms with Crippen LogP contribution in [0.1, 0.15) is 66.2 Å². The summed E-state index contributed by atoms with van der Waals surface area (Å²) in [6.45, 7) is 10.3. The maximum Gasteiger partial charge on any atom is -0.0161 e. The Hall–Kier alpha value is 0. The summed E-state index contributed by atoms with van der Waals surface area (Å²) in [5, 5.41) is 0. The number of hydrogen-bond donors (Lipinski definition) is 0. The molecule has 0 aliphatic heterocycles. The summed E-state index contributed by atoms with van der Waals surface area (Å²) < 4.78 is 0. The second-order valence-electron chi connectivity index (χ2n) is 7.35. The van der Waals surface area contributed by atoms with Crippen LogP contribution in [0.15, 0.2) is 0 Å². The first-order valence-corrected chi connectivity index (χ1v) is 6.96. The Morgan fingerprint density at radius 2 is 1.67 bits per heavy atom. The summed E-state index contributed by atoms with van der Waals surface area (Å²) in [5.41, 5.74) is 2.09. The van der Waals surface area contributed by atoms with Gasteiger partial charge >= 0.3 is 0 Å². The quantitative estimate of drug-likeness (QED) is 0.541. The molecule has 0 aromatic rings. The van der Waals surface area contributed by atoms with E-state index in [4.69, 9.17) is 0 Å². The molecule has 3 rings (SSSR count).